The number of carboxylic acids is 1. The molecule has 3 heterocycles. The Bertz CT molecular complexity index is 1450. The number of nitrogens with zero attached hydrogens (tertiary/aromatic N) is 2. The number of furan rings is 1. The van der Waals surface area contributed by atoms with Gasteiger partial charge in [0.1, 0.15) is 28.0 Å². The highest BCUT2D eigenvalue weighted by Crippen LogP contribution is 2.44. The highest BCUT2D eigenvalue weighted by atomic mass is 32.2. The van der Waals surface area contributed by atoms with E-state index in [0.717, 1.165) is 33.2 Å². The molecule has 0 unspecified atom stereocenters. The predicted molar refractivity (Wildman–Crippen MR) is 140 cm³/mol. The van der Waals surface area contributed by atoms with Gasteiger partial charge in [-0.3, -0.25) is 0 Å². The molecule has 5 rings (SSSR count). The molecule has 0 fully saturated rings. The van der Waals surface area contributed by atoms with Crippen LogP contribution in [0.4, 0.5) is 0 Å². The second-order valence-corrected chi connectivity index (χ2v) is 12.1. The Morgan fingerprint density at radius 1 is 1.11 bits per heavy atom. The zero-order valence-electron chi connectivity index (χ0n) is 20.4. The SMILES string of the molecule is CC(C)(C)[S@](=O)N1Cc2cc(C(=O)O)nc(-c3cccc(-c4cc5ccccc5o4)c3)c2[C@@H]1CCO. The summed E-state index contributed by atoms with van der Waals surface area (Å²) in [5.74, 6) is -0.423. The van der Waals surface area contributed by atoms with Crippen LogP contribution in [0.2, 0.25) is 0 Å². The average molecular weight is 505 g/mol. The number of pyridine rings is 1. The summed E-state index contributed by atoms with van der Waals surface area (Å²) in [6, 6.07) is 18.6. The van der Waals surface area contributed by atoms with Crippen molar-refractivity contribution in [3.8, 4) is 22.6 Å². The van der Waals surface area contributed by atoms with Crippen LogP contribution in [0.1, 0.15) is 54.8 Å². The number of rotatable bonds is 6. The lowest BCUT2D eigenvalue weighted by atomic mass is 9.95. The maximum absolute atomic E-state index is 13.4. The van der Waals surface area contributed by atoms with E-state index in [1.807, 2.05) is 79.7 Å². The minimum absolute atomic E-state index is 0.0657. The van der Waals surface area contributed by atoms with E-state index >= 15 is 0 Å². The fraction of sp³-hybridized carbons (Fsp3) is 0.286. The molecule has 1 aliphatic heterocycles. The molecule has 2 atom stereocenters. The van der Waals surface area contributed by atoms with Gasteiger partial charge < -0.3 is 14.6 Å². The number of para-hydroxylation sites is 1. The standard InChI is InChI=1S/C28H28N2O5S/c1-28(2,3)36(34)30-16-20-14-21(27(32)33)29-26(25(20)22(30)11-12-31)19-9-6-8-17(13-19)24-15-18-7-4-5-10-23(18)35-24/h4-10,13-15,22,31H,11-12,16H2,1-3H3,(H,32,33)/t22-,36-/m0/s1. The van der Waals surface area contributed by atoms with E-state index in [1.165, 1.54) is 0 Å². The molecule has 0 radical (unpaired) electrons. The molecule has 0 amide bonds. The predicted octanol–water partition coefficient (Wildman–Crippen LogP) is 5.56. The van der Waals surface area contributed by atoms with Gasteiger partial charge in [0.05, 0.1) is 16.5 Å². The van der Waals surface area contributed by atoms with Gasteiger partial charge in [-0.1, -0.05) is 36.4 Å². The second kappa shape index (κ2) is 9.28. The van der Waals surface area contributed by atoms with Gasteiger partial charge in [0.25, 0.3) is 0 Å². The van der Waals surface area contributed by atoms with E-state index in [9.17, 15) is 19.2 Å². The van der Waals surface area contributed by atoms with E-state index in [1.54, 1.807) is 6.07 Å². The quantitative estimate of drug-likeness (QED) is 0.356. The van der Waals surface area contributed by atoms with Crippen LogP contribution in [0.3, 0.4) is 0 Å². The lowest BCUT2D eigenvalue weighted by molar-refractivity contribution is 0.0690. The zero-order chi connectivity index (χ0) is 25.6. The number of aromatic nitrogens is 1. The summed E-state index contributed by atoms with van der Waals surface area (Å²) in [6.45, 7) is 5.94. The van der Waals surface area contributed by atoms with Crippen LogP contribution in [-0.4, -0.2) is 41.0 Å². The molecule has 2 aromatic heterocycles. The molecule has 0 spiro atoms. The highest BCUT2D eigenvalue weighted by molar-refractivity contribution is 7.84. The lowest BCUT2D eigenvalue weighted by Gasteiger charge is -2.30. The van der Waals surface area contributed by atoms with Crippen molar-refractivity contribution in [3.05, 3.63) is 77.5 Å². The number of hydrogen-bond donors (Lipinski definition) is 2. The molecule has 0 aliphatic carbocycles. The minimum Gasteiger partial charge on any atom is -0.477 e. The van der Waals surface area contributed by atoms with E-state index in [-0.39, 0.29) is 18.3 Å². The summed E-state index contributed by atoms with van der Waals surface area (Å²) < 4.78 is 20.8. The smallest absolute Gasteiger partial charge is 0.354 e. The molecule has 8 heteroatoms. The molecule has 0 bridgehead atoms. The number of fused-ring (bicyclic) bond motifs is 2. The maximum Gasteiger partial charge on any atom is 0.354 e. The summed E-state index contributed by atoms with van der Waals surface area (Å²) in [5, 5.41) is 20.6. The van der Waals surface area contributed by atoms with Crippen molar-refractivity contribution in [1.82, 2.24) is 9.29 Å². The average Bonchev–Trinajstić information content (AvgIpc) is 3.44. The molecule has 1 aliphatic rings. The number of carboxylic acid groups (broad SMARTS) is 1. The Morgan fingerprint density at radius 3 is 2.56 bits per heavy atom. The summed E-state index contributed by atoms with van der Waals surface area (Å²) >= 11 is 0. The van der Waals surface area contributed by atoms with Gasteiger partial charge in [0, 0.05) is 35.2 Å². The first-order valence-corrected chi connectivity index (χ1v) is 12.9. The Kier molecular flexibility index (Phi) is 6.28. The van der Waals surface area contributed by atoms with Crippen molar-refractivity contribution in [2.24, 2.45) is 0 Å². The third kappa shape index (κ3) is 4.36. The molecule has 0 saturated carbocycles. The van der Waals surface area contributed by atoms with Crippen molar-refractivity contribution in [3.63, 3.8) is 0 Å². The van der Waals surface area contributed by atoms with Gasteiger partial charge in [-0.25, -0.2) is 18.3 Å². The van der Waals surface area contributed by atoms with Gasteiger partial charge in [-0.15, -0.1) is 0 Å². The molecule has 7 nitrogen and oxygen atoms in total. The van der Waals surface area contributed by atoms with Gasteiger partial charge in [0.15, 0.2) is 0 Å². The van der Waals surface area contributed by atoms with Crippen LogP contribution in [0.15, 0.2) is 65.1 Å². The van der Waals surface area contributed by atoms with Gasteiger partial charge >= 0.3 is 5.97 Å². The van der Waals surface area contributed by atoms with Crippen molar-refractivity contribution in [1.29, 1.82) is 0 Å². The molecular formula is C28H28N2O5S. The Hall–Kier alpha value is -3.33. The van der Waals surface area contributed by atoms with Crippen molar-refractivity contribution < 1.29 is 23.6 Å². The second-order valence-electron chi connectivity index (χ2n) is 9.93. The first-order chi connectivity index (χ1) is 17.2. The minimum atomic E-state index is -1.36. The Labute approximate surface area is 212 Å². The van der Waals surface area contributed by atoms with Crippen molar-refractivity contribution >= 4 is 27.9 Å². The molecule has 2 aromatic carbocycles. The molecule has 0 saturated heterocycles. The lowest BCUT2D eigenvalue weighted by Crippen LogP contribution is -2.36. The molecule has 36 heavy (non-hydrogen) atoms. The number of benzene rings is 2. The number of aliphatic hydroxyl groups is 1. The fourth-order valence-electron chi connectivity index (χ4n) is 4.74. The Morgan fingerprint density at radius 2 is 1.86 bits per heavy atom. The van der Waals surface area contributed by atoms with Gasteiger partial charge in [0.2, 0.25) is 0 Å². The van der Waals surface area contributed by atoms with Gasteiger partial charge in [-0.05, 0) is 57.0 Å². The van der Waals surface area contributed by atoms with E-state index in [0.29, 0.717) is 24.4 Å². The topological polar surface area (TPSA) is 104 Å². The highest BCUT2D eigenvalue weighted by Gasteiger charge is 2.40. The largest absolute Gasteiger partial charge is 0.477 e. The number of aliphatic hydroxyl groups excluding tert-OH is 1. The van der Waals surface area contributed by atoms with Crippen molar-refractivity contribution in [2.45, 2.75) is 44.5 Å². The molecule has 4 aromatic rings. The monoisotopic (exact) mass is 504 g/mol. The van der Waals surface area contributed by atoms with Crippen molar-refractivity contribution in [2.75, 3.05) is 6.61 Å². The number of hydrogen-bond acceptors (Lipinski definition) is 5. The van der Waals surface area contributed by atoms with E-state index in [2.05, 4.69) is 4.98 Å². The van der Waals surface area contributed by atoms with Crippen LogP contribution in [0, 0.1) is 0 Å². The Balaban J connectivity index is 1.66. The summed E-state index contributed by atoms with van der Waals surface area (Å²) in [6.07, 6.45) is 0.360. The number of carbonyl (C=O) groups is 1. The fourth-order valence-corrected chi connectivity index (χ4v) is 6.14. The normalized spacial score (nSPS) is 16.8. The summed E-state index contributed by atoms with van der Waals surface area (Å²) in [5.41, 5.74) is 4.40. The first-order valence-electron chi connectivity index (χ1n) is 11.8. The van der Waals surface area contributed by atoms with Crippen LogP contribution in [0.25, 0.3) is 33.6 Å². The summed E-state index contributed by atoms with van der Waals surface area (Å²) in [7, 11) is -1.36. The molecule has 2 N–H and O–H groups in total. The first kappa shape index (κ1) is 24.4. The molecule has 186 valence electrons. The summed E-state index contributed by atoms with van der Waals surface area (Å²) in [4.78, 5) is 16.5. The molecular weight excluding hydrogens is 476 g/mol. The number of aromatic carboxylic acids is 1. The third-order valence-electron chi connectivity index (χ3n) is 6.36. The van der Waals surface area contributed by atoms with E-state index < -0.39 is 21.7 Å². The van der Waals surface area contributed by atoms with Gasteiger partial charge in [-0.2, -0.15) is 0 Å². The third-order valence-corrected chi connectivity index (χ3v) is 8.21. The van der Waals surface area contributed by atoms with Crippen LogP contribution in [0.5, 0.6) is 0 Å². The van der Waals surface area contributed by atoms with Crippen LogP contribution < -0.4 is 0 Å². The van der Waals surface area contributed by atoms with E-state index in [4.69, 9.17) is 4.42 Å². The maximum atomic E-state index is 13.4. The van der Waals surface area contributed by atoms with Crippen LogP contribution in [-0.2, 0) is 17.5 Å². The zero-order valence-corrected chi connectivity index (χ0v) is 21.2. The van der Waals surface area contributed by atoms with Crippen LogP contribution >= 0.6 is 0 Å².